The van der Waals surface area contributed by atoms with Gasteiger partial charge in [0, 0.05) is 17.7 Å². The van der Waals surface area contributed by atoms with Crippen LogP contribution in [0.1, 0.15) is 40.5 Å². The molecule has 3 heterocycles. The van der Waals surface area contributed by atoms with Crippen molar-refractivity contribution in [3.8, 4) is 22.8 Å². The lowest BCUT2D eigenvalue weighted by atomic mass is 9.83. The monoisotopic (exact) mass is 605 g/mol. The van der Waals surface area contributed by atoms with Crippen molar-refractivity contribution in [1.29, 1.82) is 0 Å². The number of nitro groups is 1. The summed E-state index contributed by atoms with van der Waals surface area (Å²) in [4.78, 5) is 31.0. The highest BCUT2D eigenvalue weighted by molar-refractivity contribution is 7.07. The smallest absolute Gasteiger partial charge is 0.280 e. The van der Waals surface area contributed by atoms with E-state index in [-0.39, 0.29) is 17.3 Å². The first-order valence-electron chi connectivity index (χ1n) is 14.1. The fraction of sp³-hybridized carbons (Fsp3) is 0.176. The third-order valence-corrected chi connectivity index (χ3v) is 9.09. The van der Waals surface area contributed by atoms with Gasteiger partial charge in [-0.15, -0.1) is 0 Å². The lowest BCUT2D eigenvalue weighted by molar-refractivity contribution is -0.384. The Morgan fingerprint density at radius 3 is 2.61 bits per heavy atom. The van der Waals surface area contributed by atoms with Crippen molar-refractivity contribution in [1.82, 2.24) is 4.57 Å². The second-order valence-electron chi connectivity index (χ2n) is 10.7. The van der Waals surface area contributed by atoms with Gasteiger partial charge in [0.15, 0.2) is 16.3 Å². The van der Waals surface area contributed by atoms with Crippen LogP contribution in [0.15, 0.2) is 92.6 Å². The number of thiazole rings is 1. The summed E-state index contributed by atoms with van der Waals surface area (Å²) in [6.45, 7) is 1.80. The average Bonchev–Trinajstić information content (AvgIpc) is 3.63. The normalized spacial score (nSPS) is 15.7. The second-order valence-corrected chi connectivity index (χ2v) is 11.7. The van der Waals surface area contributed by atoms with Crippen molar-refractivity contribution in [2.75, 3.05) is 14.2 Å². The van der Waals surface area contributed by atoms with E-state index in [0.29, 0.717) is 37.9 Å². The van der Waals surface area contributed by atoms with Gasteiger partial charge in [-0.05, 0) is 72.4 Å². The topological polar surface area (TPSA) is 109 Å². The minimum absolute atomic E-state index is 0.0361. The summed E-state index contributed by atoms with van der Waals surface area (Å²) in [5.74, 6) is 1.95. The Kier molecular flexibility index (Phi) is 6.78. The number of furan rings is 1. The average molecular weight is 606 g/mol. The predicted molar refractivity (Wildman–Crippen MR) is 168 cm³/mol. The van der Waals surface area contributed by atoms with Gasteiger partial charge in [0.25, 0.3) is 11.2 Å². The van der Waals surface area contributed by atoms with Gasteiger partial charge >= 0.3 is 0 Å². The van der Waals surface area contributed by atoms with Gasteiger partial charge < -0.3 is 13.9 Å². The number of aryl methyl sites for hydroxylation is 2. The van der Waals surface area contributed by atoms with Gasteiger partial charge in [0.05, 0.1) is 41.0 Å². The van der Waals surface area contributed by atoms with E-state index < -0.39 is 4.92 Å². The Hall–Kier alpha value is -5.22. The maximum atomic E-state index is 14.1. The highest BCUT2D eigenvalue weighted by Crippen LogP contribution is 2.43. The number of benzene rings is 3. The van der Waals surface area contributed by atoms with E-state index in [1.54, 1.807) is 56.1 Å². The van der Waals surface area contributed by atoms with Gasteiger partial charge in [-0.3, -0.25) is 19.5 Å². The van der Waals surface area contributed by atoms with Crippen LogP contribution in [0.25, 0.3) is 23.1 Å². The van der Waals surface area contributed by atoms with E-state index in [9.17, 15) is 14.9 Å². The number of ether oxygens (including phenoxy) is 2. The molecule has 0 saturated carbocycles. The van der Waals surface area contributed by atoms with Crippen molar-refractivity contribution in [2.45, 2.75) is 25.8 Å². The fourth-order valence-electron chi connectivity index (χ4n) is 6.05. The van der Waals surface area contributed by atoms with Crippen molar-refractivity contribution in [3.05, 3.63) is 136 Å². The standard InChI is InChI=1S/C34H27N3O6S/c1-19-8-12-24(26(16-19)37(39)40)27-15-11-22(43-27)18-30-33(38)36-32(21-10-14-28(41-2)29(17-21)42-3)25-13-9-20-6-4-5-7-23(20)31(25)35-34(36)44-30/h4-8,10-12,14-18,32H,9,13H2,1-3H3/b30-18+/t32-/m1/s1. The molecule has 5 aromatic rings. The molecule has 2 aromatic heterocycles. The molecule has 0 unspecified atom stereocenters. The van der Waals surface area contributed by atoms with E-state index in [0.717, 1.165) is 40.8 Å². The second kappa shape index (κ2) is 10.8. The molecule has 1 aliphatic heterocycles. The zero-order chi connectivity index (χ0) is 30.5. The van der Waals surface area contributed by atoms with Gasteiger partial charge in [0.2, 0.25) is 0 Å². The van der Waals surface area contributed by atoms with Gasteiger partial charge in [-0.1, -0.05) is 47.7 Å². The minimum atomic E-state index is -0.420. The third-order valence-electron chi connectivity index (χ3n) is 8.11. The van der Waals surface area contributed by atoms with E-state index in [4.69, 9.17) is 18.9 Å². The zero-order valence-electron chi connectivity index (χ0n) is 24.2. The van der Waals surface area contributed by atoms with Gasteiger partial charge in [-0.25, -0.2) is 4.99 Å². The Morgan fingerprint density at radius 2 is 1.82 bits per heavy atom. The number of allylic oxidation sites excluding steroid dienone is 1. The van der Waals surface area contributed by atoms with Gasteiger partial charge in [0.1, 0.15) is 11.5 Å². The molecule has 220 valence electrons. The molecule has 3 aromatic carbocycles. The molecule has 0 saturated heterocycles. The molecule has 7 rings (SSSR count). The van der Waals surface area contributed by atoms with Crippen LogP contribution in [0.3, 0.4) is 0 Å². The highest BCUT2D eigenvalue weighted by atomic mass is 32.1. The Labute approximate surface area is 255 Å². The van der Waals surface area contributed by atoms with Crippen LogP contribution >= 0.6 is 11.3 Å². The van der Waals surface area contributed by atoms with Crippen LogP contribution in [0.4, 0.5) is 5.69 Å². The van der Waals surface area contributed by atoms with E-state index in [1.807, 2.05) is 30.3 Å². The summed E-state index contributed by atoms with van der Waals surface area (Å²) in [6.07, 6.45) is 3.28. The quantitative estimate of drug-likeness (QED) is 0.178. The van der Waals surface area contributed by atoms with E-state index in [2.05, 4.69) is 12.1 Å². The highest BCUT2D eigenvalue weighted by Gasteiger charge is 2.33. The van der Waals surface area contributed by atoms with Gasteiger partial charge in [-0.2, -0.15) is 0 Å². The lowest BCUT2D eigenvalue weighted by Gasteiger charge is -2.31. The number of hydrogen-bond donors (Lipinski definition) is 0. The maximum Gasteiger partial charge on any atom is 0.280 e. The molecule has 0 N–H and O–H groups in total. The first-order chi connectivity index (χ1) is 21.4. The molecule has 9 nitrogen and oxygen atoms in total. The number of rotatable bonds is 6. The molecule has 0 bridgehead atoms. The van der Waals surface area contributed by atoms with Crippen LogP contribution in [0.2, 0.25) is 0 Å². The summed E-state index contributed by atoms with van der Waals surface area (Å²) >= 11 is 1.29. The number of hydrogen-bond acceptors (Lipinski definition) is 8. The summed E-state index contributed by atoms with van der Waals surface area (Å²) in [5, 5.41) is 11.7. The molecule has 0 radical (unpaired) electrons. The van der Waals surface area contributed by atoms with Crippen molar-refractivity contribution >= 4 is 28.8 Å². The number of nitrogens with zero attached hydrogens (tertiary/aromatic N) is 3. The lowest BCUT2D eigenvalue weighted by Crippen LogP contribution is -2.38. The van der Waals surface area contributed by atoms with Crippen molar-refractivity contribution in [3.63, 3.8) is 0 Å². The van der Waals surface area contributed by atoms with Crippen LogP contribution in [-0.2, 0) is 6.42 Å². The molecular weight excluding hydrogens is 578 g/mol. The fourth-order valence-corrected chi connectivity index (χ4v) is 7.03. The maximum absolute atomic E-state index is 14.1. The molecule has 1 atom stereocenters. The Balaban J connectivity index is 1.40. The number of nitro benzene ring substituents is 1. The first kappa shape index (κ1) is 27.6. The SMILES string of the molecule is COc1ccc([C@@H]2C3=C(N=c4s/c(=C/c5ccc(-c6ccc(C)cc6[N+](=O)[O-])o5)c(=O)n42)c2ccccc2CC3)cc1OC. The molecule has 44 heavy (non-hydrogen) atoms. The van der Waals surface area contributed by atoms with E-state index >= 15 is 0 Å². The molecule has 2 aliphatic rings. The molecule has 0 fully saturated rings. The summed E-state index contributed by atoms with van der Waals surface area (Å²) in [5.41, 5.74) is 6.09. The number of fused-ring (bicyclic) bond motifs is 3. The van der Waals surface area contributed by atoms with E-state index in [1.165, 1.54) is 23.0 Å². The minimum Gasteiger partial charge on any atom is -0.493 e. The van der Waals surface area contributed by atoms with Crippen LogP contribution in [-0.4, -0.2) is 23.7 Å². The summed E-state index contributed by atoms with van der Waals surface area (Å²) in [6, 6.07) is 22.0. The zero-order valence-corrected chi connectivity index (χ0v) is 25.0. The molecular formula is C34H27N3O6S. The predicted octanol–water partition coefficient (Wildman–Crippen LogP) is 5.81. The van der Waals surface area contributed by atoms with Crippen molar-refractivity contribution < 1.29 is 18.8 Å². The third kappa shape index (κ3) is 4.55. The van der Waals surface area contributed by atoms with Crippen LogP contribution in [0.5, 0.6) is 11.5 Å². The first-order valence-corrected chi connectivity index (χ1v) is 14.9. The summed E-state index contributed by atoms with van der Waals surface area (Å²) < 4.78 is 19.3. The molecule has 0 amide bonds. The Bertz CT molecular complexity index is 2190. The molecule has 10 heteroatoms. The van der Waals surface area contributed by atoms with Crippen LogP contribution in [0, 0.1) is 17.0 Å². The number of methoxy groups -OCH3 is 2. The van der Waals surface area contributed by atoms with Crippen LogP contribution < -0.4 is 24.4 Å². The summed E-state index contributed by atoms with van der Waals surface area (Å²) in [7, 11) is 3.19. The number of aromatic nitrogens is 1. The Morgan fingerprint density at radius 1 is 1.00 bits per heavy atom. The molecule has 0 spiro atoms. The van der Waals surface area contributed by atoms with Crippen molar-refractivity contribution in [2.24, 2.45) is 4.99 Å². The largest absolute Gasteiger partial charge is 0.493 e. The molecule has 1 aliphatic carbocycles.